The predicted octanol–water partition coefficient (Wildman–Crippen LogP) is 4.98. The molecule has 0 bridgehead atoms. The monoisotopic (exact) mass is 358 g/mol. The summed E-state index contributed by atoms with van der Waals surface area (Å²) in [5.41, 5.74) is 4.60. The first-order chi connectivity index (χ1) is 13.2. The van der Waals surface area contributed by atoms with Crippen LogP contribution in [0.25, 0.3) is 11.0 Å². The molecule has 1 heterocycles. The van der Waals surface area contributed by atoms with E-state index in [4.69, 9.17) is 14.5 Å². The number of methoxy groups -OCH3 is 1. The number of ether oxygens (including phenoxy) is 2. The van der Waals surface area contributed by atoms with Gasteiger partial charge in [0.15, 0.2) is 0 Å². The van der Waals surface area contributed by atoms with E-state index in [0.717, 1.165) is 34.9 Å². The summed E-state index contributed by atoms with van der Waals surface area (Å²) in [7, 11) is 1.65. The van der Waals surface area contributed by atoms with Crippen LogP contribution in [0.3, 0.4) is 0 Å². The molecule has 0 amide bonds. The van der Waals surface area contributed by atoms with E-state index in [0.29, 0.717) is 6.61 Å². The third kappa shape index (κ3) is 3.80. The number of para-hydroxylation sites is 2. The van der Waals surface area contributed by atoms with E-state index in [9.17, 15) is 0 Å². The van der Waals surface area contributed by atoms with Crippen LogP contribution in [-0.2, 0) is 13.2 Å². The Morgan fingerprint density at radius 2 is 1.70 bits per heavy atom. The smallest absolute Gasteiger partial charge is 0.148 e. The summed E-state index contributed by atoms with van der Waals surface area (Å²) < 4.78 is 13.5. The average Bonchev–Trinajstić information content (AvgIpc) is 3.04. The van der Waals surface area contributed by atoms with E-state index >= 15 is 0 Å². The minimum absolute atomic E-state index is 0.396. The van der Waals surface area contributed by atoms with E-state index in [2.05, 4.69) is 41.8 Å². The average molecular weight is 358 g/mol. The van der Waals surface area contributed by atoms with Gasteiger partial charge in [-0.1, -0.05) is 48.0 Å². The lowest BCUT2D eigenvalue weighted by Crippen LogP contribution is -2.08. The molecule has 0 aliphatic carbocycles. The highest BCUT2D eigenvalue weighted by Crippen LogP contribution is 2.22. The minimum Gasteiger partial charge on any atom is -0.497 e. The summed E-state index contributed by atoms with van der Waals surface area (Å²) in [4.78, 5) is 4.80. The van der Waals surface area contributed by atoms with E-state index in [-0.39, 0.29) is 0 Å². The van der Waals surface area contributed by atoms with Crippen molar-refractivity contribution in [2.24, 2.45) is 0 Å². The van der Waals surface area contributed by atoms with Crippen LogP contribution in [0.5, 0.6) is 11.5 Å². The van der Waals surface area contributed by atoms with Gasteiger partial charge in [-0.25, -0.2) is 4.98 Å². The third-order valence-corrected chi connectivity index (χ3v) is 4.57. The summed E-state index contributed by atoms with van der Waals surface area (Å²) in [6.07, 6.45) is 0. The van der Waals surface area contributed by atoms with Gasteiger partial charge in [0.2, 0.25) is 0 Å². The number of rotatable bonds is 6. The molecule has 136 valence electrons. The van der Waals surface area contributed by atoms with Crippen molar-refractivity contribution >= 4 is 11.0 Å². The van der Waals surface area contributed by atoms with Crippen LogP contribution in [0.15, 0.2) is 72.8 Å². The van der Waals surface area contributed by atoms with Crippen molar-refractivity contribution in [3.05, 3.63) is 89.7 Å². The summed E-state index contributed by atoms with van der Waals surface area (Å²) in [5.74, 6) is 2.45. The van der Waals surface area contributed by atoms with Crippen LogP contribution < -0.4 is 9.47 Å². The van der Waals surface area contributed by atoms with Crippen molar-refractivity contribution in [3.8, 4) is 11.5 Å². The number of benzene rings is 3. The van der Waals surface area contributed by atoms with Gasteiger partial charge in [-0.3, -0.25) is 0 Å². The first-order valence-corrected chi connectivity index (χ1v) is 8.99. The molecule has 0 aliphatic heterocycles. The summed E-state index contributed by atoms with van der Waals surface area (Å²) in [6.45, 7) is 3.27. The van der Waals surface area contributed by atoms with Gasteiger partial charge in [-0.15, -0.1) is 0 Å². The molecule has 4 heteroatoms. The number of aryl methyl sites for hydroxylation is 1. The van der Waals surface area contributed by atoms with Crippen molar-refractivity contribution in [2.75, 3.05) is 7.11 Å². The Hall–Kier alpha value is -3.27. The second-order valence-corrected chi connectivity index (χ2v) is 6.56. The van der Waals surface area contributed by atoms with Crippen LogP contribution in [0.1, 0.15) is 17.0 Å². The first-order valence-electron chi connectivity index (χ1n) is 8.99. The van der Waals surface area contributed by atoms with Gasteiger partial charge >= 0.3 is 0 Å². The second-order valence-electron chi connectivity index (χ2n) is 6.56. The fourth-order valence-corrected chi connectivity index (χ4v) is 3.24. The topological polar surface area (TPSA) is 36.3 Å². The summed E-state index contributed by atoms with van der Waals surface area (Å²) in [6, 6.07) is 24.4. The van der Waals surface area contributed by atoms with Crippen molar-refractivity contribution in [3.63, 3.8) is 0 Å². The second kappa shape index (κ2) is 7.54. The number of nitrogens with zero attached hydrogens (tertiary/aromatic N) is 2. The fraction of sp³-hybridized carbons (Fsp3) is 0.174. The molecule has 4 rings (SSSR count). The molecule has 0 spiro atoms. The van der Waals surface area contributed by atoms with Crippen molar-refractivity contribution in [2.45, 2.75) is 20.1 Å². The highest BCUT2D eigenvalue weighted by Gasteiger charge is 2.12. The third-order valence-electron chi connectivity index (χ3n) is 4.57. The molecule has 0 atom stereocenters. The van der Waals surface area contributed by atoms with Crippen molar-refractivity contribution in [1.82, 2.24) is 9.55 Å². The Kier molecular flexibility index (Phi) is 4.79. The standard InChI is InChI=1S/C23H22N2O2/c1-17-7-5-8-18(13-17)15-25-22-12-4-3-11-21(22)24-23(25)16-27-20-10-6-9-19(14-20)26-2/h3-14H,15-16H2,1-2H3. The number of hydrogen-bond acceptors (Lipinski definition) is 3. The van der Waals surface area contributed by atoms with Crippen LogP contribution in [0.2, 0.25) is 0 Å². The van der Waals surface area contributed by atoms with E-state index < -0.39 is 0 Å². The molecule has 27 heavy (non-hydrogen) atoms. The fourth-order valence-electron chi connectivity index (χ4n) is 3.24. The molecular formula is C23H22N2O2. The Balaban J connectivity index is 1.65. The lowest BCUT2D eigenvalue weighted by molar-refractivity contribution is 0.289. The first kappa shape index (κ1) is 17.2. The molecule has 4 nitrogen and oxygen atoms in total. The summed E-state index contributed by atoms with van der Waals surface area (Å²) in [5, 5.41) is 0. The number of hydrogen-bond donors (Lipinski definition) is 0. The Bertz CT molecular complexity index is 1070. The molecule has 0 saturated carbocycles. The number of aromatic nitrogens is 2. The minimum atomic E-state index is 0.396. The van der Waals surface area contributed by atoms with Gasteiger partial charge in [0, 0.05) is 12.6 Å². The number of imidazole rings is 1. The van der Waals surface area contributed by atoms with Crippen molar-refractivity contribution in [1.29, 1.82) is 0 Å². The molecule has 0 radical (unpaired) electrons. The van der Waals surface area contributed by atoms with Crippen LogP contribution >= 0.6 is 0 Å². The van der Waals surface area contributed by atoms with Gasteiger partial charge in [0.1, 0.15) is 23.9 Å². The maximum atomic E-state index is 6.00. The Morgan fingerprint density at radius 1 is 0.889 bits per heavy atom. The lowest BCUT2D eigenvalue weighted by atomic mass is 10.1. The Labute approximate surface area is 159 Å². The van der Waals surface area contributed by atoms with E-state index in [1.807, 2.05) is 42.5 Å². The summed E-state index contributed by atoms with van der Waals surface area (Å²) >= 11 is 0. The highest BCUT2D eigenvalue weighted by atomic mass is 16.5. The van der Waals surface area contributed by atoms with Gasteiger partial charge < -0.3 is 14.0 Å². The van der Waals surface area contributed by atoms with E-state index in [1.54, 1.807) is 7.11 Å². The zero-order chi connectivity index (χ0) is 18.6. The van der Waals surface area contributed by atoms with Gasteiger partial charge in [0.05, 0.1) is 18.1 Å². The maximum Gasteiger partial charge on any atom is 0.148 e. The van der Waals surface area contributed by atoms with Gasteiger partial charge in [-0.05, 0) is 36.8 Å². The normalized spacial score (nSPS) is 10.9. The molecule has 3 aromatic carbocycles. The van der Waals surface area contributed by atoms with Gasteiger partial charge in [-0.2, -0.15) is 0 Å². The quantitative estimate of drug-likeness (QED) is 0.488. The largest absolute Gasteiger partial charge is 0.497 e. The van der Waals surface area contributed by atoms with E-state index in [1.165, 1.54) is 11.1 Å². The molecule has 4 aromatic rings. The molecule has 0 aliphatic rings. The zero-order valence-corrected chi connectivity index (χ0v) is 15.6. The Morgan fingerprint density at radius 3 is 2.56 bits per heavy atom. The highest BCUT2D eigenvalue weighted by molar-refractivity contribution is 5.76. The van der Waals surface area contributed by atoms with Crippen LogP contribution in [-0.4, -0.2) is 16.7 Å². The van der Waals surface area contributed by atoms with Crippen LogP contribution in [0.4, 0.5) is 0 Å². The maximum absolute atomic E-state index is 6.00. The predicted molar refractivity (Wildman–Crippen MR) is 107 cm³/mol. The SMILES string of the molecule is COc1cccc(OCc2nc3ccccc3n2Cc2cccc(C)c2)c1. The molecule has 0 unspecified atom stereocenters. The molecule has 0 fully saturated rings. The molecule has 0 saturated heterocycles. The van der Waals surface area contributed by atoms with Crippen molar-refractivity contribution < 1.29 is 9.47 Å². The number of fused-ring (bicyclic) bond motifs is 1. The lowest BCUT2D eigenvalue weighted by Gasteiger charge is -2.12. The van der Waals surface area contributed by atoms with Gasteiger partial charge in [0.25, 0.3) is 0 Å². The molecule has 1 aromatic heterocycles. The van der Waals surface area contributed by atoms with Crippen LogP contribution in [0, 0.1) is 6.92 Å². The molecular weight excluding hydrogens is 336 g/mol. The molecule has 0 N–H and O–H groups in total. The zero-order valence-electron chi connectivity index (χ0n) is 15.6.